The maximum Gasteiger partial charge on any atom is 0.233 e. The number of halogens is 2. The molecule has 0 radical (unpaired) electrons. The molecule has 3 aromatic rings. The third-order valence-electron chi connectivity index (χ3n) is 4.54. The van der Waals surface area contributed by atoms with Gasteiger partial charge in [0.25, 0.3) is 0 Å². The highest BCUT2D eigenvalue weighted by atomic mass is 32.1. The fourth-order valence-electron chi connectivity index (χ4n) is 3.21. The number of anilines is 1. The minimum atomic E-state index is -0.722. The van der Waals surface area contributed by atoms with Gasteiger partial charge in [-0.2, -0.15) is 0 Å². The van der Waals surface area contributed by atoms with Crippen LogP contribution in [-0.4, -0.2) is 30.1 Å². The molecular formula is C20H18F2N2O2S. The van der Waals surface area contributed by atoms with Gasteiger partial charge in [-0.1, -0.05) is 41.7 Å². The molecule has 1 aliphatic heterocycles. The zero-order valence-electron chi connectivity index (χ0n) is 14.5. The van der Waals surface area contributed by atoms with Crippen LogP contribution in [0.15, 0.2) is 42.5 Å². The highest BCUT2D eigenvalue weighted by Gasteiger charge is 2.26. The van der Waals surface area contributed by atoms with Crippen molar-refractivity contribution in [3.63, 3.8) is 0 Å². The van der Waals surface area contributed by atoms with E-state index < -0.39 is 11.6 Å². The van der Waals surface area contributed by atoms with Crippen LogP contribution in [0.4, 0.5) is 13.9 Å². The van der Waals surface area contributed by atoms with Gasteiger partial charge in [0, 0.05) is 12.7 Å². The average molecular weight is 388 g/mol. The van der Waals surface area contributed by atoms with E-state index in [0.29, 0.717) is 23.0 Å². The lowest BCUT2D eigenvalue weighted by Crippen LogP contribution is -2.38. The average Bonchev–Trinajstić information content (AvgIpc) is 3.29. The van der Waals surface area contributed by atoms with E-state index in [1.165, 1.54) is 6.07 Å². The number of thiazole rings is 1. The van der Waals surface area contributed by atoms with Gasteiger partial charge in [0.15, 0.2) is 10.9 Å². The fourth-order valence-corrected chi connectivity index (χ4v) is 4.24. The first-order chi connectivity index (χ1) is 13.1. The minimum Gasteiger partial charge on any atom is -0.376 e. The summed E-state index contributed by atoms with van der Waals surface area (Å²) < 4.78 is 33.6. The first-order valence-corrected chi connectivity index (χ1v) is 9.63. The lowest BCUT2D eigenvalue weighted by Gasteiger charge is -2.23. The Morgan fingerprint density at radius 2 is 2.07 bits per heavy atom. The van der Waals surface area contributed by atoms with Crippen LogP contribution >= 0.6 is 11.3 Å². The SMILES string of the molecule is O=C(Cc1ccccc1)N(CC1CCCO1)c1nc2c(F)cc(F)cc2s1. The van der Waals surface area contributed by atoms with E-state index in [1.54, 1.807) is 4.90 Å². The molecule has 7 heteroatoms. The largest absolute Gasteiger partial charge is 0.376 e. The number of carbonyl (C=O) groups is 1. The molecule has 4 rings (SSSR count). The van der Waals surface area contributed by atoms with Crippen molar-refractivity contribution >= 4 is 32.6 Å². The molecule has 0 N–H and O–H groups in total. The minimum absolute atomic E-state index is 0.0710. The molecule has 2 aromatic carbocycles. The van der Waals surface area contributed by atoms with Crippen molar-refractivity contribution in [1.29, 1.82) is 0 Å². The Morgan fingerprint density at radius 1 is 1.26 bits per heavy atom. The topological polar surface area (TPSA) is 42.4 Å². The van der Waals surface area contributed by atoms with Crippen molar-refractivity contribution < 1.29 is 18.3 Å². The van der Waals surface area contributed by atoms with E-state index in [-0.39, 0.29) is 23.9 Å². The van der Waals surface area contributed by atoms with Gasteiger partial charge in [-0.3, -0.25) is 9.69 Å². The van der Waals surface area contributed by atoms with E-state index >= 15 is 0 Å². The molecule has 0 aliphatic carbocycles. The maximum atomic E-state index is 14.1. The molecule has 1 fully saturated rings. The molecule has 140 valence electrons. The number of carbonyl (C=O) groups excluding carboxylic acids is 1. The predicted molar refractivity (Wildman–Crippen MR) is 101 cm³/mol. The summed E-state index contributed by atoms with van der Waals surface area (Å²) in [6.07, 6.45) is 1.95. The molecular weight excluding hydrogens is 370 g/mol. The number of aromatic nitrogens is 1. The summed E-state index contributed by atoms with van der Waals surface area (Å²) >= 11 is 1.11. The van der Waals surface area contributed by atoms with Crippen molar-refractivity contribution in [3.8, 4) is 0 Å². The number of hydrogen-bond acceptors (Lipinski definition) is 4. The van der Waals surface area contributed by atoms with Gasteiger partial charge in [0.1, 0.15) is 11.3 Å². The van der Waals surface area contributed by atoms with Crippen LogP contribution in [0, 0.1) is 11.6 Å². The van der Waals surface area contributed by atoms with E-state index in [1.807, 2.05) is 30.3 Å². The summed E-state index contributed by atoms with van der Waals surface area (Å²) in [5.41, 5.74) is 0.972. The number of fused-ring (bicyclic) bond motifs is 1. The Balaban J connectivity index is 1.66. The second kappa shape index (κ2) is 7.70. The van der Waals surface area contributed by atoms with Crippen LogP contribution in [0.3, 0.4) is 0 Å². The Labute approximate surface area is 159 Å². The number of amides is 1. The molecule has 1 amide bonds. The van der Waals surface area contributed by atoms with Gasteiger partial charge in [0.2, 0.25) is 5.91 Å². The van der Waals surface area contributed by atoms with Crippen LogP contribution in [0.1, 0.15) is 18.4 Å². The van der Waals surface area contributed by atoms with Crippen molar-refractivity contribution in [2.45, 2.75) is 25.4 Å². The van der Waals surface area contributed by atoms with Gasteiger partial charge in [0.05, 0.1) is 23.8 Å². The van der Waals surface area contributed by atoms with E-state index in [0.717, 1.165) is 35.8 Å². The first kappa shape index (κ1) is 18.0. The van der Waals surface area contributed by atoms with Crippen LogP contribution in [-0.2, 0) is 16.0 Å². The zero-order chi connectivity index (χ0) is 18.8. The summed E-state index contributed by atoms with van der Waals surface area (Å²) in [5.74, 6) is -1.52. The van der Waals surface area contributed by atoms with Gasteiger partial charge in [-0.25, -0.2) is 13.8 Å². The number of ether oxygens (including phenoxy) is 1. The van der Waals surface area contributed by atoms with Crippen molar-refractivity contribution in [1.82, 2.24) is 4.98 Å². The quantitative estimate of drug-likeness (QED) is 0.653. The smallest absolute Gasteiger partial charge is 0.233 e. The lowest BCUT2D eigenvalue weighted by atomic mass is 10.1. The summed E-state index contributed by atoms with van der Waals surface area (Å²) in [6.45, 7) is 1.03. The molecule has 2 heterocycles. The Hall–Kier alpha value is -2.38. The number of rotatable bonds is 5. The molecule has 4 nitrogen and oxygen atoms in total. The molecule has 1 unspecified atom stereocenters. The van der Waals surface area contributed by atoms with Gasteiger partial charge in [-0.05, 0) is 24.5 Å². The zero-order valence-corrected chi connectivity index (χ0v) is 15.3. The van der Waals surface area contributed by atoms with Gasteiger partial charge in [-0.15, -0.1) is 0 Å². The van der Waals surface area contributed by atoms with Crippen LogP contribution in [0.25, 0.3) is 10.2 Å². The summed E-state index contributed by atoms with van der Waals surface area (Å²) in [7, 11) is 0. The Kier molecular flexibility index (Phi) is 5.13. The van der Waals surface area contributed by atoms with Crippen LogP contribution in [0.2, 0.25) is 0 Å². The van der Waals surface area contributed by atoms with E-state index in [2.05, 4.69) is 4.98 Å². The summed E-state index contributed by atoms with van der Waals surface area (Å²) in [5, 5.41) is 0.367. The second-order valence-electron chi connectivity index (χ2n) is 6.53. The normalized spacial score (nSPS) is 16.7. The Morgan fingerprint density at radius 3 is 2.81 bits per heavy atom. The molecule has 0 spiro atoms. The first-order valence-electron chi connectivity index (χ1n) is 8.81. The summed E-state index contributed by atoms with van der Waals surface area (Å²) in [4.78, 5) is 18.8. The monoisotopic (exact) mass is 388 g/mol. The number of nitrogens with zero attached hydrogens (tertiary/aromatic N) is 2. The maximum absolute atomic E-state index is 14.1. The van der Waals surface area contributed by atoms with Crippen molar-refractivity contribution in [3.05, 3.63) is 59.7 Å². The summed E-state index contributed by atoms with van der Waals surface area (Å²) in [6, 6.07) is 11.5. The third-order valence-corrected chi connectivity index (χ3v) is 5.57. The van der Waals surface area contributed by atoms with Crippen molar-refractivity contribution in [2.24, 2.45) is 0 Å². The van der Waals surface area contributed by atoms with Crippen LogP contribution < -0.4 is 4.90 Å². The molecule has 27 heavy (non-hydrogen) atoms. The van der Waals surface area contributed by atoms with E-state index in [4.69, 9.17) is 4.74 Å². The second-order valence-corrected chi connectivity index (χ2v) is 7.54. The standard InChI is InChI=1S/C20H18F2N2O2S/c21-14-10-16(22)19-17(11-14)27-20(23-19)24(12-15-7-4-8-26-15)18(25)9-13-5-2-1-3-6-13/h1-3,5-6,10-11,15H,4,7-9,12H2. The van der Waals surface area contributed by atoms with Crippen molar-refractivity contribution in [2.75, 3.05) is 18.1 Å². The predicted octanol–water partition coefficient (Wildman–Crippen LogP) is 4.33. The molecule has 1 aromatic heterocycles. The van der Waals surface area contributed by atoms with Crippen LogP contribution in [0.5, 0.6) is 0 Å². The van der Waals surface area contributed by atoms with Gasteiger partial charge >= 0.3 is 0 Å². The molecule has 1 atom stereocenters. The molecule has 0 saturated carbocycles. The van der Waals surface area contributed by atoms with E-state index in [9.17, 15) is 13.6 Å². The highest BCUT2D eigenvalue weighted by molar-refractivity contribution is 7.22. The fraction of sp³-hybridized carbons (Fsp3) is 0.300. The number of benzene rings is 2. The molecule has 0 bridgehead atoms. The van der Waals surface area contributed by atoms with Gasteiger partial charge < -0.3 is 4.74 Å². The highest BCUT2D eigenvalue weighted by Crippen LogP contribution is 2.32. The Bertz CT molecular complexity index is 955. The molecule has 1 saturated heterocycles. The third kappa shape index (κ3) is 3.99. The number of hydrogen-bond donors (Lipinski definition) is 0. The molecule has 1 aliphatic rings. The lowest BCUT2D eigenvalue weighted by molar-refractivity contribution is -0.118.